The number of nitrogens with one attached hydrogen (secondary N) is 2. The number of carbonyl (C=O) groups excluding carboxylic acids is 1. The van der Waals surface area contributed by atoms with Crippen molar-refractivity contribution in [3.8, 4) is 0 Å². The predicted octanol–water partition coefficient (Wildman–Crippen LogP) is 3.54. The van der Waals surface area contributed by atoms with Gasteiger partial charge in [0.15, 0.2) is 0 Å². The molecule has 1 heterocycles. The van der Waals surface area contributed by atoms with Crippen LogP contribution in [0.2, 0.25) is 0 Å². The molecule has 1 unspecified atom stereocenters. The van der Waals surface area contributed by atoms with Gasteiger partial charge in [-0.3, -0.25) is 4.79 Å². The molecule has 3 rings (SSSR count). The van der Waals surface area contributed by atoms with Crippen LogP contribution in [0.25, 0.3) is 0 Å². The standard InChI is InChI=1S/C19H27FN2O2/c1-13(24-15-6-4-2-3-5-7-15)19(23)22-17-9-8-14-12-21-11-10-16(14)18(17)20/h8-9,13,15,21H,2-7,10-12H2,1H3,(H,22,23). The monoisotopic (exact) mass is 334 g/mol. The van der Waals surface area contributed by atoms with Crippen molar-refractivity contribution in [1.82, 2.24) is 5.32 Å². The Bertz CT molecular complexity index is 583. The minimum atomic E-state index is -0.565. The first kappa shape index (κ1) is 17.4. The normalized spacial score (nSPS) is 20.1. The van der Waals surface area contributed by atoms with Crippen LogP contribution in [-0.4, -0.2) is 24.7 Å². The molecule has 1 amide bonds. The maximum absolute atomic E-state index is 14.6. The van der Waals surface area contributed by atoms with Gasteiger partial charge in [-0.05, 0) is 49.9 Å². The number of benzene rings is 1. The van der Waals surface area contributed by atoms with E-state index in [4.69, 9.17) is 4.74 Å². The Balaban J connectivity index is 1.61. The second kappa shape index (κ2) is 8.08. The van der Waals surface area contributed by atoms with E-state index < -0.39 is 6.10 Å². The Hall–Kier alpha value is -1.46. The molecule has 1 fully saturated rings. The number of anilines is 1. The highest BCUT2D eigenvalue weighted by Crippen LogP contribution is 2.25. The van der Waals surface area contributed by atoms with E-state index in [1.54, 1.807) is 13.0 Å². The summed E-state index contributed by atoms with van der Waals surface area (Å²) in [6.45, 7) is 3.20. The van der Waals surface area contributed by atoms with Crippen LogP contribution in [0.5, 0.6) is 0 Å². The Labute approximate surface area is 143 Å². The fourth-order valence-electron chi connectivity index (χ4n) is 3.59. The van der Waals surface area contributed by atoms with Crippen LogP contribution in [0.4, 0.5) is 10.1 Å². The van der Waals surface area contributed by atoms with E-state index >= 15 is 0 Å². The number of hydrogen-bond acceptors (Lipinski definition) is 3. The quantitative estimate of drug-likeness (QED) is 0.828. The summed E-state index contributed by atoms with van der Waals surface area (Å²) in [7, 11) is 0. The first-order chi connectivity index (χ1) is 11.6. The Kier molecular flexibility index (Phi) is 5.85. The number of amides is 1. The highest BCUT2D eigenvalue weighted by molar-refractivity contribution is 5.94. The molecule has 1 aliphatic heterocycles. The maximum atomic E-state index is 14.6. The molecule has 0 saturated heterocycles. The van der Waals surface area contributed by atoms with Gasteiger partial charge in [0, 0.05) is 6.54 Å². The van der Waals surface area contributed by atoms with Crippen molar-refractivity contribution in [3.63, 3.8) is 0 Å². The summed E-state index contributed by atoms with van der Waals surface area (Å²) in [5.74, 6) is -0.573. The highest BCUT2D eigenvalue weighted by atomic mass is 19.1. The molecule has 24 heavy (non-hydrogen) atoms. The van der Waals surface area contributed by atoms with E-state index in [2.05, 4.69) is 10.6 Å². The molecule has 1 aromatic rings. The van der Waals surface area contributed by atoms with Crippen LogP contribution in [0, 0.1) is 5.82 Å². The summed E-state index contributed by atoms with van der Waals surface area (Å²) in [6, 6.07) is 3.54. The maximum Gasteiger partial charge on any atom is 0.253 e. The number of fused-ring (bicyclic) bond motifs is 1. The minimum Gasteiger partial charge on any atom is -0.365 e. The molecule has 0 spiro atoms. The Morgan fingerprint density at radius 3 is 2.79 bits per heavy atom. The van der Waals surface area contributed by atoms with Crippen molar-refractivity contribution < 1.29 is 13.9 Å². The van der Waals surface area contributed by atoms with E-state index in [1.807, 2.05) is 6.07 Å². The molecule has 2 N–H and O–H groups in total. The van der Waals surface area contributed by atoms with Crippen LogP contribution in [0.3, 0.4) is 0 Å². The SMILES string of the molecule is CC(OC1CCCCCC1)C(=O)Nc1ccc2c(c1F)CCNC2. The predicted molar refractivity (Wildman–Crippen MR) is 92.5 cm³/mol. The summed E-state index contributed by atoms with van der Waals surface area (Å²) in [6.07, 6.45) is 7.07. The molecular formula is C19H27FN2O2. The third-order valence-corrected chi connectivity index (χ3v) is 5.03. The molecule has 0 aromatic heterocycles. The third kappa shape index (κ3) is 4.14. The number of rotatable bonds is 4. The van der Waals surface area contributed by atoms with Gasteiger partial charge in [0.2, 0.25) is 0 Å². The van der Waals surface area contributed by atoms with Crippen molar-refractivity contribution in [3.05, 3.63) is 29.1 Å². The lowest BCUT2D eigenvalue weighted by Crippen LogP contribution is -2.32. The molecule has 132 valence electrons. The fraction of sp³-hybridized carbons (Fsp3) is 0.632. The van der Waals surface area contributed by atoms with Gasteiger partial charge in [0.25, 0.3) is 5.91 Å². The lowest BCUT2D eigenvalue weighted by Gasteiger charge is -2.22. The Morgan fingerprint density at radius 1 is 1.29 bits per heavy atom. The van der Waals surface area contributed by atoms with Gasteiger partial charge in [-0.25, -0.2) is 4.39 Å². The number of ether oxygens (including phenoxy) is 1. The molecule has 0 bridgehead atoms. The lowest BCUT2D eigenvalue weighted by atomic mass is 9.99. The molecule has 1 saturated carbocycles. The molecule has 1 atom stereocenters. The fourth-order valence-corrected chi connectivity index (χ4v) is 3.59. The van der Waals surface area contributed by atoms with Crippen molar-refractivity contribution >= 4 is 11.6 Å². The molecular weight excluding hydrogens is 307 g/mol. The zero-order valence-electron chi connectivity index (χ0n) is 14.4. The van der Waals surface area contributed by atoms with E-state index in [0.29, 0.717) is 18.5 Å². The zero-order valence-corrected chi connectivity index (χ0v) is 14.4. The summed E-state index contributed by atoms with van der Waals surface area (Å²) in [5, 5.41) is 5.93. The van der Waals surface area contributed by atoms with Crippen molar-refractivity contribution in [2.45, 2.75) is 70.6 Å². The highest BCUT2D eigenvalue weighted by Gasteiger charge is 2.23. The Morgan fingerprint density at radius 2 is 2.04 bits per heavy atom. The molecule has 4 nitrogen and oxygen atoms in total. The lowest BCUT2D eigenvalue weighted by molar-refractivity contribution is -0.130. The van der Waals surface area contributed by atoms with Crippen molar-refractivity contribution in [2.24, 2.45) is 0 Å². The van der Waals surface area contributed by atoms with Gasteiger partial charge in [0.1, 0.15) is 11.9 Å². The van der Waals surface area contributed by atoms with Gasteiger partial charge >= 0.3 is 0 Å². The van der Waals surface area contributed by atoms with E-state index in [0.717, 1.165) is 37.8 Å². The van der Waals surface area contributed by atoms with Crippen LogP contribution < -0.4 is 10.6 Å². The molecule has 1 aliphatic carbocycles. The average molecular weight is 334 g/mol. The summed E-state index contributed by atoms with van der Waals surface area (Å²) < 4.78 is 20.5. The van der Waals surface area contributed by atoms with Crippen LogP contribution in [-0.2, 0) is 22.5 Å². The van der Waals surface area contributed by atoms with Gasteiger partial charge in [0.05, 0.1) is 11.8 Å². The number of carbonyl (C=O) groups is 1. The van der Waals surface area contributed by atoms with E-state index in [1.165, 1.54) is 12.8 Å². The molecule has 1 aromatic carbocycles. The van der Waals surface area contributed by atoms with Gasteiger partial charge < -0.3 is 15.4 Å². The summed E-state index contributed by atoms with van der Waals surface area (Å²) in [4.78, 5) is 12.4. The topological polar surface area (TPSA) is 50.4 Å². The molecule has 5 heteroatoms. The number of halogens is 1. The molecule has 2 aliphatic rings. The minimum absolute atomic E-state index is 0.146. The average Bonchev–Trinajstić information content (AvgIpc) is 2.86. The largest absolute Gasteiger partial charge is 0.365 e. The van der Waals surface area contributed by atoms with E-state index in [-0.39, 0.29) is 23.5 Å². The van der Waals surface area contributed by atoms with Crippen LogP contribution in [0.1, 0.15) is 56.6 Å². The van der Waals surface area contributed by atoms with Crippen LogP contribution >= 0.6 is 0 Å². The van der Waals surface area contributed by atoms with Crippen molar-refractivity contribution in [1.29, 1.82) is 0 Å². The first-order valence-corrected chi connectivity index (χ1v) is 9.12. The van der Waals surface area contributed by atoms with Gasteiger partial charge in [-0.2, -0.15) is 0 Å². The first-order valence-electron chi connectivity index (χ1n) is 9.12. The molecule has 0 radical (unpaired) electrons. The van der Waals surface area contributed by atoms with Crippen LogP contribution in [0.15, 0.2) is 12.1 Å². The van der Waals surface area contributed by atoms with E-state index in [9.17, 15) is 9.18 Å². The smallest absolute Gasteiger partial charge is 0.253 e. The second-order valence-electron chi connectivity index (χ2n) is 6.87. The summed E-state index contributed by atoms with van der Waals surface area (Å²) >= 11 is 0. The summed E-state index contributed by atoms with van der Waals surface area (Å²) in [5.41, 5.74) is 1.94. The second-order valence-corrected chi connectivity index (χ2v) is 6.87. The van der Waals surface area contributed by atoms with Gasteiger partial charge in [-0.1, -0.05) is 31.7 Å². The third-order valence-electron chi connectivity index (χ3n) is 5.03. The van der Waals surface area contributed by atoms with Crippen molar-refractivity contribution in [2.75, 3.05) is 11.9 Å². The van der Waals surface area contributed by atoms with Gasteiger partial charge in [-0.15, -0.1) is 0 Å². The zero-order chi connectivity index (χ0) is 16.9. The number of hydrogen-bond donors (Lipinski definition) is 2.